The average molecular weight is 388 g/mol. The van der Waals surface area contributed by atoms with Crippen molar-refractivity contribution in [3.05, 3.63) is 28.7 Å². The number of nitrogens with zero attached hydrogens (tertiary/aromatic N) is 1. The molecule has 1 aromatic carbocycles. The van der Waals surface area contributed by atoms with Crippen molar-refractivity contribution in [1.29, 1.82) is 0 Å². The highest BCUT2D eigenvalue weighted by molar-refractivity contribution is 9.10. The molecular formula is C15H18BrNO4S. The number of aliphatic carboxylic acids is 1. The SMILES string of the molecule is O=C(O)[C@H]1CCCN1C(=O)CCCS(=O)c1ccc(Br)cc1. The Morgan fingerprint density at radius 2 is 2.00 bits per heavy atom. The van der Waals surface area contributed by atoms with Crippen molar-refractivity contribution in [2.75, 3.05) is 12.3 Å². The van der Waals surface area contributed by atoms with Gasteiger partial charge < -0.3 is 10.0 Å². The molecule has 0 spiro atoms. The second-order valence-electron chi connectivity index (χ2n) is 5.19. The van der Waals surface area contributed by atoms with Crippen LogP contribution in [-0.2, 0) is 20.4 Å². The van der Waals surface area contributed by atoms with Gasteiger partial charge in [-0.2, -0.15) is 0 Å². The molecule has 1 N–H and O–H groups in total. The molecule has 0 saturated carbocycles. The number of carbonyl (C=O) groups excluding carboxylic acids is 1. The standard InChI is InChI=1S/C15H18BrNO4S/c16-11-5-7-12(8-6-11)22(21)10-2-4-14(18)17-9-1-3-13(17)15(19)20/h5-8,13H,1-4,9-10H2,(H,19,20)/t13-,22?/m1/s1. The van der Waals surface area contributed by atoms with E-state index in [1.807, 2.05) is 12.1 Å². The molecule has 120 valence electrons. The van der Waals surface area contributed by atoms with Crippen LogP contribution in [0.1, 0.15) is 25.7 Å². The van der Waals surface area contributed by atoms with Crippen LogP contribution in [0.5, 0.6) is 0 Å². The van der Waals surface area contributed by atoms with Gasteiger partial charge in [-0.1, -0.05) is 15.9 Å². The van der Waals surface area contributed by atoms with Gasteiger partial charge in [-0.25, -0.2) is 4.79 Å². The Labute approximate surface area is 140 Å². The van der Waals surface area contributed by atoms with Crippen molar-refractivity contribution >= 4 is 38.6 Å². The number of carboxylic acid groups (broad SMARTS) is 1. The Morgan fingerprint density at radius 3 is 2.64 bits per heavy atom. The summed E-state index contributed by atoms with van der Waals surface area (Å²) in [6, 6.07) is 6.57. The number of carboxylic acids is 1. The number of rotatable bonds is 6. The monoisotopic (exact) mass is 387 g/mol. The topological polar surface area (TPSA) is 74.7 Å². The fourth-order valence-corrected chi connectivity index (χ4v) is 3.87. The highest BCUT2D eigenvalue weighted by Crippen LogP contribution is 2.19. The van der Waals surface area contributed by atoms with Gasteiger partial charge in [0.25, 0.3) is 0 Å². The van der Waals surface area contributed by atoms with Crippen LogP contribution in [0.3, 0.4) is 0 Å². The smallest absolute Gasteiger partial charge is 0.326 e. The lowest BCUT2D eigenvalue weighted by Gasteiger charge is -2.21. The molecule has 0 aromatic heterocycles. The van der Waals surface area contributed by atoms with Gasteiger partial charge in [0.05, 0.1) is 10.8 Å². The predicted octanol–water partition coefficient (Wildman–Crippen LogP) is 2.41. The van der Waals surface area contributed by atoms with Gasteiger partial charge in [-0.3, -0.25) is 9.00 Å². The van der Waals surface area contributed by atoms with Crippen molar-refractivity contribution in [2.45, 2.75) is 36.6 Å². The summed E-state index contributed by atoms with van der Waals surface area (Å²) in [7, 11) is -1.14. The van der Waals surface area contributed by atoms with E-state index in [1.165, 1.54) is 4.90 Å². The van der Waals surface area contributed by atoms with Gasteiger partial charge in [-0.05, 0) is 43.5 Å². The van der Waals surface area contributed by atoms with Crippen LogP contribution >= 0.6 is 15.9 Å². The number of likely N-dealkylation sites (tertiary alicyclic amines) is 1. The maximum absolute atomic E-state index is 12.1. The van der Waals surface area contributed by atoms with Crippen LogP contribution in [0.25, 0.3) is 0 Å². The maximum Gasteiger partial charge on any atom is 0.326 e. The van der Waals surface area contributed by atoms with E-state index in [9.17, 15) is 13.8 Å². The number of amides is 1. The first-order valence-corrected chi connectivity index (χ1v) is 9.26. The van der Waals surface area contributed by atoms with Crippen LogP contribution in [0, 0.1) is 0 Å². The molecule has 1 aromatic rings. The van der Waals surface area contributed by atoms with E-state index in [1.54, 1.807) is 12.1 Å². The molecule has 1 unspecified atom stereocenters. The van der Waals surface area contributed by atoms with E-state index < -0.39 is 22.8 Å². The summed E-state index contributed by atoms with van der Waals surface area (Å²) in [5.74, 6) is -0.694. The van der Waals surface area contributed by atoms with Gasteiger partial charge in [0.1, 0.15) is 6.04 Å². The second kappa shape index (κ2) is 7.87. The second-order valence-corrected chi connectivity index (χ2v) is 7.68. The number of carbonyl (C=O) groups is 2. The van der Waals surface area contributed by atoms with E-state index in [0.29, 0.717) is 25.1 Å². The predicted molar refractivity (Wildman–Crippen MR) is 87.0 cm³/mol. The van der Waals surface area contributed by atoms with Gasteiger partial charge in [0, 0.05) is 28.1 Å². The van der Waals surface area contributed by atoms with Crippen LogP contribution in [0.4, 0.5) is 0 Å². The van der Waals surface area contributed by atoms with Crippen molar-refractivity contribution in [3.63, 3.8) is 0 Å². The Hall–Kier alpha value is -1.21. The minimum Gasteiger partial charge on any atom is -0.480 e. The van der Waals surface area contributed by atoms with Gasteiger partial charge >= 0.3 is 5.97 Å². The highest BCUT2D eigenvalue weighted by Gasteiger charge is 2.33. The summed E-state index contributed by atoms with van der Waals surface area (Å²) in [5, 5.41) is 9.07. The lowest BCUT2D eigenvalue weighted by Crippen LogP contribution is -2.40. The fourth-order valence-electron chi connectivity index (χ4n) is 2.52. The molecule has 1 heterocycles. The third-order valence-electron chi connectivity index (χ3n) is 3.66. The molecule has 0 bridgehead atoms. The Morgan fingerprint density at radius 1 is 1.32 bits per heavy atom. The number of halogens is 1. The third-order valence-corrected chi connectivity index (χ3v) is 5.64. The molecule has 0 aliphatic carbocycles. The largest absolute Gasteiger partial charge is 0.480 e. The first-order valence-electron chi connectivity index (χ1n) is 7.15. The summed E-state index contributed by atoms with van der Waals surface area (Å²) >= 11 is 3.32. The maximum atomic E-state index is 12.1. The summed E-state index contributed by atoms with van der Waals surface area (Å²) < 4.78 is 13.0. The first kappa shape index (κ1) is 17.1. The summed E-state index contributed by atoms with van der Waals surface area (Å²) in [4.78, 5) is 25.3. The average Bonchev–Trinajstić information content (AvgIpc) is 2.97. The van der Waals surface area contributed by atoms with Gasteiger partial charge in [-0.15, -0.1) is 0 Å². The van der Waals surface area contributed by atoms with Crippen LogP contribution in [-0.4, -0.2) is 44.4 Å². The summed E-state index contributed by atoms with van der Waals surface area (Å²) in [5.41, 5.74) is 0. The minimum atomic E-state index is -1.14. The molecule has 1 aliphatic heterocycles. The molecule has 22 heavy (non-hydrogen) atoms. The molecule has 7 heteroatoms. The van der Waals surface area contributed by atoms with E-state index in [4.69, 9.17) is 5.11 Å². The van der Waals surface area contributed by atoms with Crippen LogP contribution in [0.15, 0.2) is 33.6 Å². The van der Waals surface area contributed by atoms with Crippen LogP contribution in [0.2, 0.25) is 0 Å². The number of hydrogen-bond acceptors (Lipinski definition) is 3. The van der Waals surface area contributed by atoms with E-state index in [2.05, 4.69) is 15.9 Å². The lowest BCUT2D eigenvalue weighted by molar-refractivity contribution is -0.148. The Bertz CT molecular complexity index is 575. The zero-order chi connectivity index (χ0) is 16.1. The van der Waals surface area contributed by atoms with Gasteiger partial charge in [0.2, 0.25) is 5.91 Å². The highest BCUT2D eigenvalue weighted by atomic mass is 79.9. The molecule has 1 saturated heterocycles. The van der Waals surface area contributed by atoms with Crippen molar-refractivity contribution in [3.8, 4) is 0 Å². The first-order chi connectivity index (χ1) is 10.5. The summed E-state index contributed by atoms with van der Waals surface area (Å²) in [6.45, 7) is 0.506. The van der Waals surface area contributed by atoms with Crippen LogP contribution < -0.4 is 0 Å². The minimum absolute atomic E-state index is 0.155. The molecule has 0 radical (unpaired) electrons. The number of hydrogen-bond donors (Lipinski definition) is 1. The normalized spacial score (nSPS) is 19.1. The van der Waals surface area contributed by atoms with Gasteiger partial charge in [0.15, 0.2) is 0 Å². The fraction of sp³-hybridized carbons (Fsp3) is 0.467. The zero-order valence-corrected chi connectivity index (χ0v) is 14.4. The Balaban J connectivity index is 1.80. The van der Waals surface area contributed by atoms with Crippen molar-refractivity contribution in [2.24, 2.45) is 0 Å². The molecule has 1 aliphatic rings. The molecule has 1 fully saturated rings. The quantitative estimate of drug-likeness (QED) is 0.812. The third kappa shape index (κ3) is 4.39. The van der Waals surface area contributed by atoms with E-state index in [-0.39, 0.29) is 12.3 Å². The van der Waals surface area contributed by atoms with Crippen molar-refractivity contribution in [1.82, 2.24) is 4.90 Å². The molecule has 1 amide bonds. The zero-order valence-electron chi connectivity index (χ0n) is 12.0. The molecule has 2 atom stereocenters. The van der Waals surface area contributed by atoms with E-state index in [0.717, 1.165) is 15.8 Å². The van der Waals surface area contributed by atoms with E-state index >= 15 is 0 Å². The van der Waals surface area contributed by atoms with Crippen molar-refractivity contribution < 1.29 is 18.9 Å². The lowest BCUT2D eigenvalue weighted by atomic mass is 10.2. The molecule has 2 rings (SSSR count). The number of benzene rings is 1. The summed E-state index contributed by atoms with van der Waals surface area (Å²) in [6.07, 6.45) is 1.98. The molecular weight excluding hydrogens is 370 g/mol. The molecule has 5 nitrogen and oxygen atoms in total. The Kier molecular flexibility index (Phi) is 6.14.